The van der Waals surface area contributed by atoms with E-state index in [9.17, 15) is 0 Å². The molecule has 2 rings (SSSR count). The minimum absolute atomic E-state index is 0.267. The number of nitrogens with one attached hydrogen (secondary N) is 1. The van der Waals surface area contributed by atoms with Crippen molar-refractivity contribution in [2.75, 3.05) is 20.3 Å². The molecule has 1 aromatic rings. The summed E-state index contributed by atoms with van der Waals surface area (Å²) in [6.07, 6.45) is 3.86. The average molecular weight is 244 g/mol. The number of hydrogen-bond donors (Lipinski definition) is 1. The predicted molar refractivity (Wildman–Crippen MR) is 63.6 cm³/mol. The first-order valence-electron chi connectivity index (χ1n) is 5.66. The van der Waals surface area contributed by atoms with Crippen LogP contribution in [0.1, 0.15) is 24.6 Å². The van der Waals surface area contributed by atoms with E-state index in [-0.39, 0.29) is 6.04 Å². The maximum absolute atomic E-state index is 6.18. The van der Waals surface area contributed by atoms with E-state index in [0.29, 0.717) is 5.92 Å². The molecule has 1 N–H and O–H groups in total. The molecule has 0 aliphatic carbocycles. The Morgan fingerprint density at radius 2 is 2.25 bits per heavy atom. The van der Waals surface area contributed by atoms with Crippen molar-refractivity contribution in [2.24, 2.45) is 13.0 Å². The molecule has 1 aliphatic heterocycles. The molecule has 1 aromatic heterocycles. The second-order valence-corrected chi connectivity index (χ2v) is 4.62. The van der Waals surface area contributed by atoms with Crippen molar-refractivity contribution < 1.29 is 4.74 Å². The molecule has 0 saturated carbocycles. The van der Waals surface area contributed by atoms with Crippen molar-refractivity contribution in [3.8, 4) is 0 Å². The number of hydrogen-bond acceptors (Lipinski definition) is 3. The van der Waals surface area contributed by atoms with Gasteiger partial charge in [0.1, 0.15) is 0 Å². The molecule has 5 heteroatoms. The summed E-state index contributed by atoms with van der Waals surface area (Å²) < 4.78 is 7.25. The molecule has 2 heterocycles. The Morgan fingerprint density at radius 3 is 2.75 bits per heavy atom. The highest BCUT2D eigenvalue weighted by atomic mass is 35.5. The van der Waals surface area contributed by atoms with E-state index in [2.05, 4.69) is 10.4 Å². The van der Waals surface area contributed by atoms with Crippen molar-refractivity contribution in [1.29, 1.82) is 0 Å². The van der Waals surface area contributed by atoms with Crippen LogP contribution < -0.4 is 5.32 Å². The van der Waals surface area contributed by atoms with Gasteiger partial charge >= 0.3 is 0 Å². The number of aryl methyl sites for hydroxylation is 1. The molecule has 0 amide bonds. The standard InChI is InChI=1S/C11H18ClN3O/c1-13-10(8-3-5-16-6-4-8)11-9(12)7-14-15(11)2/h7-8,10,13H,3-6H2,1-2H3. The Hall–Kier alpha value is -0.580. The zero-order valence-corrected chi connectivity index (χ0v) is 10.5. The molecule has 0 spiro atoms. The minimum Gasteiger partial charge on any atom is -0.381 e. The van der Waals surface area contributed by atoms with Crippen molar-refractivity contribution in [1.82, 2.24) is 15.1 Å². The van der Waals surface area contributed by atoms with Crippen LogP contribution in [0, 0.1) is 5.92 Å². The lowest BCUT2D eigenvalue weighted by Crippen LogP contribution is -2.31. The van der Waals surface area contributed by atoms with Crippen LogP contribution in [0.25, 0.3) is 0 Å². The van der Waals surface area contributed by atoms with Crippen molar-refractivity contribution in [3.05, 3.63) is 16.9 Å². The third kappa shape index (κ3) is 2.24. The normalized spacial score (nSPS) is 19.9. The third-order valence-corrected chi connectivity index (χ3v) is 3.57. The van der Waals surface area contributed by atoms with Gasteiger partial charge in [0.15, 0.2) is 0 Å². The smallest absolute Gasteiger partial charge is 0.0834 e. The van der Waals surface area contributed by atoms with E-state index in [0.717, 1.165) is 36.8 Å². The summed E-state index contributed by atoms with van der Waals surface area (Å²) in [5.41, 5.74) is 1.08. The molecule has 0 bridgehead atoms. The molecule has 1 aliphatic rings. The molecule has 4 nitrogen and oxygen atoms in total. The van der Waals surface area contributed by atoms with Gasteiger partial charge in [-0.05, 0) is 25.8 Å². The minimum atomic E-state index is 0.267. The molecule has 0 radical (unpaired) electrons. The molecule has 90 valence electrons. The lowest BCUT2D eigenvalue weighted by molar-refractivity contribution is 0.0536. The van der Waals surface area contributed by atoms with Crippen molar-refractivity contribution in [2.45, 2.75) is 18.9 Å². The van der Waals surface area contributed by atoms with Crippen LogP contribution in [-0.2, 0) is 11.8 Å². The van der Waals surface area contributed by atoms with E-state index in [1.165, 1.54) is 0 Å². The van der Waals surface area contributed by atoms with Crippen LogP contribution in [0.3, 0.4) is 0 Å². The second kappa shape index (κ2) is 5.17. The highest BCUT2D eigenvalue weighted by molar-refractivity contribution is 6.31. The van der Waals surface area contributed by atoms with Crippen molar-refractivity contribution >= 4 is 11.6 Å². The van der Waals surface area contributed by atoms with Gasteiger partial charge in [-0.2, -0.15) is 5.10 Å². The molecule has 1 atom stereocenters. The summed E-state index contributed by atoms with van der Waals surface area (Å²) >= 11 is 6.18. The highest BCUT2D eigenvalue weighted by Gasteiger charge is 2.28. The molecule has 1 fully saturated rings. The maximum atomic E-state index is 6.18. The van der Waals surface area contributed by atoms with Gasteiger partial charge in [0.25, 0.3) is 0 Å². The number of halogens is 1. The summed E-state index contributed by atoms with van der Waals surface area (Å²) in [5.74, 6) is 0.576. The lowest BCUT2D eigenvalue weighted by atomic mass is 9.90. The number of nitrogens with zero attached hydrogens (tertiary/aromatic N) is 2. The molecular formula is C11H18ClN3O. The highest BCUT2D eigenvalue weighted by Crippen LogP contribution is 2.32. The van der Waals surface area contributed by atoms with Gasteiger partial charge in [0.05, 0.1) is 23.0 Å². The lowest BCUT2D eigenvalue weighted by Gasteiger charge is -2.30. The summed E-state index contributed by atoms with van der Waals surface area (Å²) in [4.78, 5) is 0. The molecule has 0 aromatic carbocycles. The predicted octanol–water partition coefficient (Wildman–Crippen LogP) is 1.76. The fourth-order valence-corrected chi connectivity index (χ4v) is 2.70. The first-order valence-corrected chi connectivity index (χ1v) is 6.04. The monoisotopic (exact) mass is 243 g/mol. The maximum Gasteiger partial charge on any atom is 0.0834 e. The van der Waals surface area contributed by atoms with Crippen LogP contribution in [0.5, 0.6) is 0 Å². The van der Waals surface area contributed by atoms with Gasteiger partial charge in [-0.3, -0.25) is 4.68 Å². The number of aromatic nitrogens is 2. The van der Waals surface area contributed by atoms with Crippen LogP contribution in [0.2, 0.25) is 5.02 Å². The first-order chi connectivity index (χ1) is 7.74. The third-order valence-electron chi connectivity index (χ3n) is 3.28. The van der Waals surface area contributed by atoms with Crippen molar-refractivity contribution in [3.63, 3.8) is 0 Å². The van der Waals surface area contributed by atoms with Gasteiger partial charge < -0.3 is 10.1 Å². The number of ether oxygens (including phenoxy) is 1. The van der Waals surface area contributed by atoms with Crippen LogP contribution in [0.15, 0.2) is 6.20 Å². The molecule has 1 unspecified atom stereocenters. The molecular weight excluding hydrogens is 226 g/mol. The Labute approximate surface area is 101 Å². The van der Waals surface area contributed by atoms with E-state index in [1.54, 1.807) is 6.20 Å². The summed E-state index contributed by atoms with van der Waals surface area (Å²) in [7, 11) is 3.91. The van der Waals surface area contributed by atoms with E-state index in [1.807, 2.05) is 18.8 Å². The largest absolute Gasteiger partial charge is 0.381 e. The van der Waals surface area contributed by atoms with E-state index in [4.69, 9.17) is 16.3 Å². The molecule has 1 saturated heterocycles. The quantitative estimate of drug-likeness (QED) is 0.880. The van der Waals surface area contributed by atoms with E-state index < -0.39 is 0 Å². The topological polar surface area (TPSA) is 39.1 Å². The fraction of sp³-hybridized carbons (Fsp3) is 0.727. The van der Waals surface area contributed by atoms with Gasteiger partial charge in [-0.25, -0.2) is 0 Å². The second-order valence-electron chi connectivity index (χ2n) is 4.22. The summed E-state index contributed by atoms with van der Waals surface area (Å²) in [5, 5.41) is 8.29. The zero-order valence-electron chi connectivity index (χ0n) is 9.74. The Balaban J connectivity index is 2.21. The van der Waals surface area contributed by atoms with Gasteiger partial charge in [0, 0.05) is 20.3 Å². The first kappa shape index (κ1) is 11.9. The van der Waals surface area contributed by atoms with Gasteiger partial charge in [0.2, 0.25) is 0 Å². The Bertz CT molecular complexity index is 327. The van der Waals surface area contributed by atoms with Crippen LogP contribution in [-0.4, -0.2) is 30.0 Å². The summed E-state index contributed by atoms with van der Waals surface area (Å²) in [6, 6.07) is 0.267. The summed E-state index contributed by atoms with van der Waals surface area (Å²) in [6.45, 7) is 1.69. The van der Waals surface area contributed by atoms with Crippen LogP contribution >= 0.6 is 11.6 Å². The van der Waals surface area contributed by atoms with Crippen LogP contribution in [0.4, 0.5) is 0 Å². The average Bonchev–Trinajstić information content (AvgIpc) is 2.63. The Morgan fingerprint density at radius 1 is 1.56 bits per heavy atom. The fourth-order valence-electron chi connectivity index (χ4n) is 2.41. The SMILES string of the molecule is CNC(c1c(Cl)cnn1C)C1CCOCC1. The zero-order chi connectivity index (χ0) is 11.5. The van der Waals surface area contributed by atoms with E-state index >= 15 is 0 Å². The van der Waals surface area contributed by atoms with Gasteiger partial charge in [-0.15, -0.1) is 0 Å². The Kier molecular flexibility index (Phi) is 3.84. The number of rotatable bonds is 3. The molecule has 16 heavy (non-hydrogen) atoms. The van der Waals surface area contributed by atoms with Gasteiger partial charge in [-0.1, -0.05) is 11.6 Å².